The minimum absolute atomic E-state index is 0.237. The van der Waals surface area contributed by atoms with Crippen molar-refractivity contribution >= 4 is 0 Å². The van der Waals surface area contributed by atoms with Crippen molar-refractivity contribution in [1.82, 2.24) is 9.80 Å². The molecule has 0 aliphatic carbocycles. The Morgan fingerprint density at radius 1 is 1.41 bits per heavy atom. The molecule has 4 heteroatoms. The largest absolute Gasteiger partial charge is 0.395 e. The number of nitrogens with zero attached hydrogens (tertiary/aromatic N) is 2. The molecule has 0 aromatic heterocycles. The SMILES string of the molecule is CCCN(CCO)CC1CN(C(C)C)CCO1. The molecule has 1 rings (SSSR count). The van der Waals surface area contributed by atoms with Crippen LogP contribution in [0.2, 0.25) is 0 Å². The highest BCUT2D eigenvalue weighted by atomic mass is 16.5. The summed E-state index contributed by atoms with van der Waals surface area (Å²) in [6, 6.07) is 0.596. The second-order valence-electron chi connectivity index (χ2n) is 5.11. The molecule has 1 fully saturated rings. The molecule has 1 aliphatic heterocycles. The van der Waals surface area contributed by atoms with E-state index >= 15 is 0 Å². The van der Waals surface area contributed by atoms with Gasteiger partial charge >= 0.3 is 0 Å². The molecule has 0 bridgehead atoms. The van der Waals surface area contributed by atoms with Gasteiger partial charge in [0.1, 0.15) is 0 Å². The molecule has 4 nitrogen and oxygen atoms in total. The van der Waals surface area contributed by atoms with Crippen molar-refractivity contribution < 1.29 is 9.84 Å². The molecule has 0 aromatic rings. The molecule has 1 atom stereocenters. The normalized spacial score (nSPS) is 22.6. The zero-order chi connectivity index (χ0) is 12.7. The standard InChI is InChI=1S/C13H28N2O2/c1-4-5-14(6-8-16)10-13-11-15(12(2)3)7-9-17-13/h12-13,16H,4-11H2,1-3H3. The van der Waals surface area contributed by atoms with Crippen LogP contribution >= 0.6 is 0 Å². The van der Waals surface area contributed by atoms with Crippen molar-refractivity contribution in [2.75, 3.05) is 45.9 Å². The van der Waals surface area contributed by atoms with Crippen molar-refractivity contribution in [1.29, 1.82) is 0 Å². The molecule has 1 unspecified atom stereocenters. The van der Waals surface area contributed by atoms with Crippen LogP contribution in [0.15, 0.2) is 0 Å². The van der Waals surface area contributed by atoms with Crippen LogP contribution in [0.1, 0.15) is 27.2 Å². The number of hydrogen-bond acceptors (Lipinski definition) is 4. The van der Waals surface area contributed by atoms with Gasteiger partial charge in [0.05, 0.1) is 19.3 Å². The van der Waals surface area contributed by atoms with E-state index in [1.54, 1.807) is 0 Å². The lowest BCUT2D eigenvalue weighted by Crippen LogP contribution is -2.50. The van der Waals surface area contributed by atoms with E-state index in [1.165, 1.54) is 0 Å². The Morgan fingerprint density at radius 2 is 2.18 bits per heavy atom. The summed E-state index contributed by atoms with van der Waals surface area (Å²) in [6.07, 6.45) is 1.42. The average molecular weight is 244 g/mol. The van der Waals surface area contributed by atoms with E-state index < -0.39 is 0 Å². The summed E-state index contributed by atoms with van der Waals surface area (Å²) in [5.41, 5.74) is 0. The fourth-order valence-corrected chi connectivity index (χ4v) is 2.36. The molecule has 1 heterocycles. The first-order chi connectivity index (χ1) is 8.17. The maximum atomic E-state index is 9.04. The maximum Gasteiger partial charge on any atom is 0.0829 e. The van der Waals surface area contributed by atoms with Gasteiger partial charge in [-0.3, -0.25) is 9.80 Å². The van der Waals surface area contributed by atoms with E-state index in [1.807, 2.05) is 0 Å². The van der Waals surface area contributed by atoms with Gasteiger partial charge in [-0.2, -0.15) is 0 Å². The second-order valence-corrected chi connectivity index (χ2v) is 5.11. The van der Waals surface area contributed by atoms with Crippen LogP contribution in [-0.4, -0.2) is 73.0 Å². The highest BCUT2D eigenvalue weighted by Crippen LogP contribution is 2.10. The van der Waals surface area contributed by atoms with Crippen molar-refractivity contribution in [3.63, 3.8) is 0 Å². The zero-order valence-corrected chi connectivity index (χ0v) is 11.6. The summed E-state index contributed by atoms with van der Waals surface area (Å²) in [4.78, 5) is 4.77. The molecular formula is C13H28N2O2. The maximum absolute atomic E-state index is 9.04. The van der Waals surface area contributed by atoms with Crippen LogP contribution in [0.4, 0.5) is 0 Å². The highest BCUT2D eigenvalue weighted by molar-refractivity contribution is 4.76. The van der Waals surface area contributed by atoms with Crippen molar-refractivity contribution in [2.45, 2.75) is 39.3 Å². The van der Waals surface area contributed by atoms with E-state index in [9.17, 15) is 0 Å². The minimum atomic E-state index is 0.237. The zero-order valence-electron chi connectivity index (χ0n) is 11.6. The number of hydrogen-bond donors (Lipinski definition) is 1. The van der Waals surface area contributed by atoms with E-state index in [4.69, 9.17) is 9.84 Å². The molecule has 0 spiro atoms. The van der Waals surface area contributed by atoms with Crippen molar-refractivity contribution in [2.24, 2.45) is 0 Å². The molecule has 1 aliphatic rings. The predicted molar refractivity (Wildman–Crippen MR) is 70.3 cm³/mol. The molecule has 0 radical (unpaired) electrons. The fraction of sp³-hybridized carbons (Fsp3) is 1.00. The monoisotopic (exact) mass is 244 g/mol. The third-order valence-corrected chi connectivity index (χ3v) is 3.32. The molecule has 1 saturated heterocycles. The Morgan fingerprint density at radius 3 is 2.76 bits per heavy atom. The Labute approximate surface area is 106 Å². The molecule has 0 saturated carbocycles. The second kappa shape index (κ2) is 8.03. The summed E-state index contributed by atoms with van der Waals surface area (Å²) in [5.74, 6) is 0. The lowest BCUT2D eigenvalue weighted by Gasteiger charge is -2.37. The van der Waals surface area contributed by atoms with Crippen LogP contribution in [0.5, 0.6) is 0 Å². The minimum Gasteiger partial charge on any atom is -0.395 e. The van der Waals surface area contributed by atoms with Gasteiger partial charge in [-0.05, 0) is 26.8 Å². The first-order valence-corrected chi connectivity index (χ1v) is 6.86. The van der Waals surface area contributed by atoms with Gasteiger partial charge in [-0.25, -0.2) is 0 Å². The number of rotatable bonds is 7. The Balaban J connectivity index is 2.37. The Bertz CT molecular complexity index is 194. The van der Waals surface area contributed by atoms with E-state index in [0.717, 1.165) is 45.8 Å². The van der Waals surface area contributed by atoms with Crippen LogP contribution < -0.4 is 0 Å². The Kier molecular flexibility index (Phi) is 7.04. The molecule has 102 valence electrons. The quantitative estimate of drug-likeness (QED) is 0.718. The summed E-state index contributed by atoms with van der Waals surface area (Å²) in [5, 5.41) is 9.04. The van der Waals surface area contributed by atoms with Gasteiger partial charge in [-0.15, -0.1) is 0 Å². The number of morpholine rings is 1. The van der Waals surface area contributed by atoms with E-state index in [0.29, 0.717) is 12.1 Å². The van der Waals surface area contributed by atoms with E-state index in [-0.39, 0.29) is 6.61 Å². The van der Waals surface area contributed by atoms with Gasteiger partial charge in [0.25, 0.3) is 0 Å². The van der Waals surface area contributed by atoms with Gasteiger partial charge in [0, 0.05) is 32.2 Å². The van der Waals surface area contributed by atoms with Crippen LogP contribution in [0.3, 0.4) is 0 Å². The lowest BCUT2D eigenvalue weighted by molar-refractivity contribution is -0.0532. The first-order valence-electron chi connectivity index (χ1n) is 6.86. The summed E-state index contributed by atoms with van der Waals surface area (Å²) in [6.45, 7) is 12.5. The predicted octanol–water partition coefficient (Wildman–Crippen LogP) is 0.800. The molecule has 0 aromatic carbocycles. The third-order valence-electron chi connectivity index (χ3n) is 3.32. The molecule has 1 N–H and O–H groups in total. The summed E-state index contributed by atoms with van der Waals surface area (Å²) >= 11 is 0. The fourth-order valence-electron chi connectivity index (χ4n) is 2.36. The van der Waals surface area contributed by atoms with Gasteiger partial charge in [0.15, 0.2) is 0 Å². The van der Waals surface area contributed by atoms with Crippen LogP contribution in [0.25, 0.3) is 0 Å². The van der Waals surface area contributed by atoms with Gasteiger partial charge < -0.3 is 9.84 Å². The van der Waals surface area contributed by atoms with Crippen LogP contribution in [-0.2, 0) is 4.74 Å². The summed E-state index contributed by atoms with van der Waals surface area (Å²) < 4.78 is 5.82. The van der Waals surface area contributed by atoms with Gasteiger partial charge in [-0.1, -0.05) is 6.92 Å². The topological polar surface area (TPSA) is 35.9 Å². The first kappa shape index (κ1) is 14.9. The number of aliphatic hydroxyl groups is 1. The molecule has 0 amide bonds. The Hall–Kier alpha value is -0.160. The van der Waals surface area contributed by atoms with E-state index in [2.05, 4.69) is 30.6 Å². The number of ether oxygens (including phenoxy) is 1. The average Bonchev–Trinajstić information content (AvgIpc) is 2.30. The lowest BCUT2D eigenvalue weighted by atomic mass is 10.2. The molecule has 17 heavy (non-hydrogen) atoms. The number of aliphatic hydroxyl groups excluding tert-OH is 1. The summed E-state index contributed by atoms with van der Waals surface area (Å²) in [7, 11) is 0. The smallest absolute Gasteiger partial charge is 0.0829 e. The highest BCUT2D eigenvalue weighted by Gasteiger charge is 2.23. The van der Waals surface area contributed by atoms with Crippen LogP contribution in [0, 0.1) is 0 Å². The van der Waals surface area contributed by atoms with Crippen molar-refractivity contribution in [3.8, 4) is 0 Å². The van der Waals surface area contributed by atoms with Gasteiger partial charge in [0.2, 0.25) is 0 Å². The third kappa shape index (κ3) is 5.34. The van der Waals surface area contributed by atoms with Crippen molar-refractivity contribution in [3.05, 3.63) is 0 Å². The molecular weight excluding hydrogens is 216 g/mol.